The van der Waals surface area contributed by atoms with Crippen molar-refractivity contribution >= 4 is 15.7 Å². The van der Waals surface area contributed by atoms with Crippen LogP contribution in [0.1, 0.15) is 13.8 Å². The molecule has 0 saturated heterocycles. The average molecular weight is 337 g/mol. The van der Waals surface area contributed by atoms with Gasteiger partial charge >= 0.3 is 5.69 Å². The van der Waals surface area contributed by atoms with Crippen molar-refractivity contribution < 1.29 is 18.1 Å². The highest BCUT2D eigenvalue weighted by Gasteiger charge is 2.23. The Balaban J connectivity index is 2.41. The van der Waals surface area contributed by atoms with Crippen LogP contribution in [0.3, 0.4) is 0 Å². The number of hydrogen-bond acceptors (Lipinski definition) is 6. The van der Waals surface area contributed by atoms with Crippen molar-refractivity contribution in [2.75, 3.05) is 0 Å². The van der Waals surface area contributed by atoms with Crippen LogP contribution in [0.5, 0.6) is 11.5 Å². The zero-order valence-electron chi connectivity index (χ0n) is 12.5. The van der Waals surface area contributed by atoms with Crippen LogP contribution in [-0.2, 0) is 10.0 Å². The van der Waals surface area contributed by atoms with Crippen LogP contribution in [0.25, 0.3) is 0 Å². The van der Waals surface area contributed by atoms with Crippen LogP contribution in [0.4, 0.5) is 5.69 Å². The standard InChI is InChI=1S/C14H15N3O5S/c1-10(2)16-23(20,21)12-5-6-14(13(8-12)17(18)19)22-11-4-3-7-15-9-11/h3-10,16H,1-2H3. The quantitative estimate of drug-likeness (QED) is 0.640. The van der Waals surface area contributed by atoms with Gasteiger partial charge in [-0.1, -0.05) is 0 Å². The van der Waals surface area contributed by atoms with E-state index in [0.29, 0.717) is 5.75 Å². The predicted molar refractivity (Wildman–Crippen MR) is 82.9 cm³/mol. The smallest absolute Gasteiger partial charge is 0.312 e. The van der Waals surface area contributed by atoms with Gasteiger partial charge in [-0.3, -0.25) is 15.1 Å². The number of aromatic nitrogens is 1. The van der Waals surface area contributed by atoms with Crippen LogP contribution >= 0.6 is 0 Å². The molecule has 0 amide bonds. The van der Waals surface area contributed by atoms with Crippen molar-refractivity contribution in [3.63, 3.8) is 0 Å². The number of nitro benzene ring substituents is 1. The van der Waals surface area contributed by atoms with E-state index in [9.17, 15) is 18.5 Å². The number of ether oxygens (including phenoxy) is 1. The lowest BCUT2D eigenvalue weighted by Gasteiger charge is -2.11. The number of nitrogens with one attached hydrogen (secondary N) is 1. The maximum atomic E-state index is 12.1. The number of sulfonamides is 1. The fourth-order valence-electron chi connectivity index (χ4n) is 1.81. The van der Waals surface area contributed by atoms with Gasteiger partial charge < -0.3 is 4.74 Å². The molecular weight excluding hydrogens is 322 g/mol. The number of pyridine rings is 1. The predicted octanol–water partition coefficient (Wildman–Crippen LogP) is 2.47. The Morgan fingerprint density at radius 2 is 2.04 bits per heavy atom. The lowest BCUT2D eigenvalue weighted by molar-refractivity contribution is -0.385. The third kappa shape index (κ3) is 4.24. The summed E-state index contributed by atoms with van der Waals surface area (Å²) in [7, 11) is -3.83. The summed E-state index contributed by atoms with van der Waals surface area (Å²) in [6.45, 7) is 3.32. The molecule has 8 nitrogen and oxygen atoms in total. The molecule has 2 rings (SSSR count). The number of rotatable bonds is 6. The minimum Gasteiger partial charge on any atom is -0.449 e. The summed E-state index contributed by atoms with van der Waals surface area (Å²) in [5, 5.41) is 11.2. The van der Waals surface area contributed by atoms with Crippen molar-refractivity contribution in [2.45, 2.75) is 24.8 Å². The Bertz CT molecular complexity index is 806. The first-order chi connectivity index (χ1) is 10.8. The molecular formula is C14H15N3O5S. The van der Waals surface area contributed by atoms with Crippen LogP contribution in [-0.4, -0.2) is 24.4 Å². The second-order valence-corrected chi connectivity index (χ2v) is 6.67. The van der Waals surface area contributed by atoms with Crippen LogP contribution < -0.4 is 9.46 Å². The first-order valence-corrected chi connectivity index (χ1v) is 8.16. The molecule has 0 aliphatic carbocycles. The Kier molecular flexibility index (Phi) is 4.92. The molecule has 0 aliphatic rings. The first kappa shape index (κ1) is 16.8. The number of nitrogens with zero attached hydrogens (tertiary/aromatic N) is 2. The fraction of sp³-hybridized carbons (Fsp3) is 0.214. The average Bonchev–Trinajstić information content (AvgIpc) is 2.47. The summed E-state index contributed by atoms with van der Waals surface area (Å²) in [6, 6.07) is 6.35. The van der Waals surface area contributed by atoms with Gasteiger partial charge in [0.05, 0.1) is 16.0 Å². The first-order valence-electron chi connectivity index (χ1n) is 6.68. The largest absolute Gasteiger partial charge is 0.449 e. The van der Waals surface area contributed by atoms with Gasteiger partial charge in [-0.05, 0) is 38.1 Å². The molecule has 9 heteroatoms. The summed E-state index contributed by atoms with van der Waals surface area (Å²) in [6.07, 6.45) is 2.93. The Labute approximate surface area is 133 Å². The van der Waals surface area contributed by atoms with Gasteiger partial charge in [-0.15, -0.1) is 0 Å². The van der Waals surface area contributed by atoms with E-state index in [1.165, 1.54) is 24.5 Å². The van der Waals surface area contributed by atoms with Gasteiger partial charge in [0, 0.05) is 18.3 Å². The summed E-state index contributed by atoms with van der Waals surface area (Å²) in [4.78, 5) is 14.2. The van der Waals surface area contributed by atoms with Gasteiger partial charge in [-0.2, -0.15) is 0 Å². The number of hydrogen-bond donors (Lipinski definition) is 1. The maximum absolute atomic E-state index is 12.1. The monoisotopic (exact) mass is 337 g/mol. The molecule has 0 unspecified atom stereocenters. The van der Waals surface area contributed by atoms with E-state index in [2.05, 4.69) is 9.71 Å². The Hall–Kier alpha value is -2.52. The normalized spacial score (nSPS) is 11.4. The van der Waals surface area contributed by atoms with E-state index in [-0.39, 0.29) is 16.7 Å². The SMILES string of the molecule is CC(C)NS(=O)(=O)c1ccc(Oc2cccnc2)c([N+](=O)[O-])c1. The van der Waals surface area contributed by atoms with Gasteiger partial charge in [0.25, 0.3) is 0 Å². The third-order valence-electron chi connectivity index (χ3n) is 2.69. The van der Waals surface area contributed by atoms with Crippen molar-refractivity contribution in [3.05, 3.63) is 52.8 Å². The zero-order valence-corrected chi connectivity index (χ0v) is 13.3. The van der Waals surface area contributed by atoms with Crippen molar-refractivity contribution in [1.29, 1.82) is 0 Å². The van der Waals surface area contributed by atoms with Gasteiger partial charge in [0.2, 0.25) is 15.8 Å². The zero-order chi connectivity index (χ0) is 17.0. The maximum Gasteiger partial charge on any atom is 0.312 e. The minimum absolute atomic E-state index is 0.0634. The highest BCUT2D eigenvalue weighted by molar-refractivity contribution is 7.89. The highest BCUT2D eigenvalue weighted by atomic mass is 32.2. The van der Waals surface area contributed by atoms with Gasteiger partial charge in [-0.25, -0.2) is 13.1 Å². The summed E-state index contributed by atoms with van der Waals surface area (Å²) < 4.78 is 32.0. The number of nitro groups is 1. The van der Waals surface area contributed by atoms with Gasteiger partial charge in [0.15, 0.2) is 0 Å². The molecule has 1 aromatic heterocycles. The summed E-state index contributed by atoms with van der Waals surface area (Å²) in [5.74, 6) is 0.248. The highest BCUT2D eigenvalue weighted by Crippen LogP contribution is 2.33. The van der Waals surface area contributed by atoms with Gasteiger partial charge in [0.1, 0.15) is 5.75 Å². The molecule has 1 aromatic carbocycles. The lowest BCUT2D eigenvalue weighted by Crippen LogP contribution is -2.30. The second kappa shape index (κ2) is 6.71. The fourth-order valence-corrected chi connectivity index (χ4v) is 3.08. The topological polar surface area (TPSA) is 111 Å². The second-order valence-electron chi connectivity index (χ2n) is 4.95. The summed E-state index contributed by atoms with van der Waals surface area (Å²) >= 11 is 0. The lowest BCUT2D eigenvalue weighted by atomic mass is 10.3. The van der Waals surface area contributed by atoms with Crippen molar-refractivity contribution in [2.24, 2.45) is 0 Å². The molecule has 23 heavy (non-hydrogen) atoms. The van der Waals surface area contributed by atoms with E-state index in [1.54, 1.807) is 26.0 Å². The molecule has 0 atom stereocenters. The van der Waals surface area contributed by atoms with Crippen molar-refractivity contribution in [3.8, 4) is 11.5 Å². The molecule has 1 heterocycles. The summed E-state index contributed by atoms with van der Waals surface area (Å²) in [5.41, 5.74) is -0.444. The molecule has 0 aliphatic heterocycles. The molecule has 2 aromatic rings. The molecule has 0 fully saturated rings. The van der Waals surface area contributed by atoms with Crippen LogP contribution in [0.15, 0.2) is 47.6 Å². The number of benzene rings is 1. The minimum atomic E-state index is -3.83. The van der Waals surface area contributed by atoms with Crippen molar-refractivity contribution in [1.82, 2.24) is 9.71 Å². The molecule has 0 spiro atoms. The Morgan fingerprint density at radius 3 is 2.61 bits per heavy atom. The van der Waals surface area contributed by atoms with E-state index in [4.69, 9.17) is 4.74 Å². The molecule has 1 N–H and O–H groups in total. The van der Waals surface area contributed by atoms with Crippen LogP contribution in [0, 0.1) is 10.1 Å². The molecule has 0 radical (unpaired) electrons. The van der Waals surface area contributed by atoms with E-state index < -0.39 is 20.6 Å². The Morgan fingerprint density at radius 1 is 1.30 bits per heavy atom. The van der Waals surface area contributed by atoms with E-state index >= 15 is 0 Å². The van der Waals surface area contributed by atoms with Crippen LogP contribution in [0.2, 0.25) is 0 Å². The molecule has 0 bridgehead atoms. The van der Waals surface area contributed by atoms with E-state index in [0.717, 1.165) is 6.07 Å². The molecule has 122 valence electrons. The molecule has 0 saturated carbocycles. The van der Waals surface area contributed by atoms with E-state index in [1.807, 2.05) is 0 Å². The third-order valence-corrected chi connectivity index (χ3v) is 4.35.